The van der Waals surface area contributed by atoms with Crippen LogP contribution in [0.4, 0.5) is 5.82 Å². The first-order valence-electron chi connectivity index (χ1n) is 8.03. The number of carbonyl (C=O) groups is 2. The van der Waals surface area contributed by atoms with E-state index in [4.69, 9.17) is 4.52 Å². The molecule has 3 aromatic rings. The van der Waals surface area contributed by atoms with Gasteiger partial charge in [-0.05, 0) is 24.6 Å². The van der Waals surface area contributed by atoms with Crippen LogP contribution in [-0.4, -0.2) is 33.9 Å². The van der Waals surface area contributed by atoms with E-state index in [0.29, 0.717) is 23.7 Å². The molecule has 0 radical (unpaired) electrons. The predicted molar refractivity (Wildman–Crippen MR) is 95.7 cm³/mol. The number of hydrogen-bond acceptors (Lipinski definition) is 5. The Morgan fingerprint density at radius 1 is 1.15 bits per heavy atom. The monoisotopic (exact) mass is 350 g/mol. The molecule has 0 aliphatic heterocycles. The lowest BCUT2D eigenvalue weighted by molar-refractivity contribution is 0.0785. The molecule has 0 atom stereocenters. The van der Waals surface area contributed by atoms with Crippen LogP contribution in [0.25, 0.3) is 0 Å². The number of benzene rings is 1. The van der Waals surface area contributed by atoms with Gasteiger partial charge in [0.2, 0.25) is 0 Å². The first-order valence-corrected chi connectivity index (χ1v) is 8.03. The second kappa shape index (κ2) is 7.60. The number of amides is 2. The van der Waals surface area contributed by atoms with Crippen molar-refractivity contribution in [2.75, 3.05) is 12.4 Å². The predicted octanol–water partition coefficient (Wildman–Crippen LogP) is 2.90. The summed E-state index contributed by atoms with van der Waals surface area (Å²) in [5.74, 6) is 0.230. The molecule has 0 bridgehead atoms. The summed E-state index contributed by atoms with van der Waals surface area (Å²) in [5, 5.41) is 6.29. The molecule has 1 N–H and O–H groups in total. The summed E-state index contributed by atoms with van der Waals surface area (Å²) in [4.78, 5) is 30.5. The van der Waals surface area contributed by atoms with Crippen molar-refractivity contribution < 1.29 is 14.1 Å². The van der Waals surface area contributed by atoms with Crippen LogP contribution in [0, 0.1) is 6.92 Å². The maximum absolute atomic E-state index is 12.6. The Hall–Kier alpha value is -3.48. The van der Waals surface area contributed by atoms with E-state index >= 15 is 0 Å². The summed E-state index contributed by atoms with van der Waals surface area (Å²) < 4.78 is 4.91. The van der Waals surface area contributed by atoms with Crippen LogP contribution in [0.2, 0.25) is 0 Å². The number of carbonyl (C=O) groups excluding carboxylic acids is 2. The highest BCUT2D eigenvalue weighted by atomic mass is 16.5. The van der Waals surface area contributed by atoms with Gasteiger partial charge in [0.15, 0.2) is 5.82 Å². The fourth-order valence-corrected chi connectivity index (χ4v) is 2.44. The molecule has 0 aliphatic carbocycles. The number of anilines is 1. The van der Waals surface area contributed by atoms with Gasteiger partial charge in [-0.3, -0.25) is 14.6 Å². The van der Waals surface area contributed by atoms with Crippen molar-refractivity contribution in [3.63, 3.8) is 0 Å². The molecular weight excluding hydrogens is 332 g/mol. The van der Waals surface area contributed by atoms with E-state index in [1.54, 1.807) is 31.0 Å². The standard InChI is InChI=1S/C19H18N4O3/c1-13-10-17(22-26-13)21-18(24)16-11-15(8-9-20-16)19(25)23(2)12-14-6-4-3-5-7-14/h3-11H,12H2,1-2H3,(H,21,22,24). The van der Waals surface area contributed by atoms with E-state index in [2.05, 4.69) is 15.5 Å². The zero-order valence-electron chi connectivity index (χ0n) is 14.5. The van der Waals surface area contributed by atoms with Gasteiger partial charge in [-0.2, -0.15) is 0 Å². The average Bonchev–Trinajstić information content (AvgIpc) is 3.06. The first-order chi connectivity index (χ1) is 12.5. The largest absolute Gasteiger partial charge is 0.360 e. The fraction of sp³-hybridized carbons (Fsp3) is 0.158. The van der Waals surface area contributed by atoms with E-state index in [0.717, 1.165) is 5.56 Å². The van der Waals surface area contributed by atoms with Crippen molar-refractivity contribution in [1.29, 1.82) is 0 Å². The van der Waals surface area contributed by atoms with Crippen LogP contribution in [0.1, 0.15) is 32.2 Å². The number of hydrogen-bond donors (Lipinski definition) is 1. The Labute approximate surface area is 150 Å². The molecule has 0 aliphatic rings. The fourth-order valence-electron chi connectivity index (χ4n) is 2.44. The van der Waals surface area contributed by atoms with Gasteiger partial charge >= 0.3 is 0 Å². The highest BCUT2D eigenvalue weighted by Crippen LogP contribution is 2.12. The zero-order valence-corrected chi connectivity index (χ0v) is 14.5. The van der Waals surface area contributed by atoms with Crippen molar-refractivity contribution in [3.05, 3.63) is 77.3 Å². The van der Waals surface area contributed by atoms with Gasteiger partial charge in [-0.25, -0.2) is 0 Å². The van der Waals surface area contributed by atoms with Gasteiger partial charge in [-0.1, -0.05) is 35.5 Å². The van der Waals surface area contributed by atoms with Crippen LogP contribution in [0.5, 0.6) is 0 Å². The first kappa shape index (κ1) is 17.3. The number of pyridine rings is 1. The van der Waals surface area contributed by atoms with Crippen molar-refractivity contribution >= 4 is 17.6 Å². The molecular formula is C19H18N4O3. The van der Waals surface area contributed by atoms with Crippen molar-refractivity contribution in [2.45, 2.75) is 13.5 Å². The van der Waals surface area contributed by atoms with E-state index in [9.17, 15) is 9.59 Å². The third-order valence-corrected chi connectivity index (χ3v) is 3.72. The van der Waals surface area contributed by atoms with Gasteiger partial charge < -0.3 is 14.7 Å². The Morgan fingerprint density at radius 2 is 1.92 bits per heavy atom. The lowest BCUT2D eigenvalue weighted by Gasteiger charge is -2.17. The van der Waals surface area contributed by atoms with Crippen LogP contribution in [-0.2, 0) is 6.54 Å². The summed E-state index contributed by atoms with van der Waals surface area (Å²) in [7, 11) is 1.72. The van der Waals surface area contributed by atoms with E-state index < -0.39 is 5.91 Å². The molecule has 26 heavy (non-hydrogen) atoms. The third-order valence-electron chi connectivity index (χ3n) is 3.72. The second-order valence-corrected chi connectivity index (χ2v) is 5.85. The molecule has 0 saturated heterocycles. The van der Waals surface area contributed by atoms with E-state index in [1.165, 1.54) is 12.3 Å². The molecule has 1 aromatic carbocycles. The van der Waals surface area contributed by atoms with Gasteiger partial charge in [0.1, 0.15) is 11.5 Å². The molecule has 2 amide bonds. The minimum atomic E-state index is -0.460. The summed E-state index contributed by atoms with van der Waals surface area (Å²) in [6.45, 7) is 2.20. The van der Waals surface area contributed by atoms with Gasteiger partial charge in [-0.15, -0.1) is 0 Å². The van der Waals surface area contributed by atoms with Crippen LogP contribution < -0.4 is 5.32 Å². The Kier molecular flexibility index (Phi) is 5.07. The van der Waals surface area contributed by atoms with Crippen molar-refractivity contribution in [2.24, 2.45) is 0 Å². The minimum absolute atomic E-state index is 0.129. The molecule has 0 unspecified atom stereocenters. The Balaban J connectivity index is 1.71. The molecule has 7 nitrogen and oxygen atoms in total. The van der Waals surface area contributed by atoms with E-state index in [-0.39, 0.29) is 11.6 Å². The number of nitrogens with zero attached hydrogens (tertiary/aromatic N) is 3. The topological polar surface area (TPSA) is 88.3 Å². The quantitative estimate of drug-likeness (QED) is 0.764. The van der Waals surface area contributed by atoms with Crippen molar-refractivity contribution in [1.82, 2.24) is 15.0 Å². The summed E-state index contributed by atoms with van der Waals surface area (Å²) >= 11 is 0. The van der Waals surface area contributed by atoms with Gasteiger partial charge in [0, 0.05) is 31.4 Å². The van der Waals surface area contributed by atoms with Gasteiger partial charge in [0.25, 0.3) is 11.8 Å². The van der Waals surface area contributed by atoms with Crippen LogP contribution >= 0.6 is 0 Å². The SMILES string of the molecule is Cc1cc(NC(=O)c2cc(C(=O)N(C)Cc3ccccc3)ccn2)no1. The molecule has 132 valence electrons. The van der Waals surface area contributed by atoms with Crippen LogP contribution in [0.3, 0.4) is 0 Å². The Bertz CT molecular complexity index is 921. The minimum Gasteiger partial charge on any atom is -0.360 e. The summed E-state index contributed by atoms with van der Waals surface area (Å²) in [5.41, 5.74) is 1.54. The van der Waals surface area contributed by atoms with Gasteiger partial charge in [0.05, 0.1) is 0 Å². The normalized spacial score (nSPS) is 10.4. The maximum Gasteiger partial charge on any atom is 0.275 e. The number of nitrogens with one attached hydrogen (secondary N) is 1. The molecule has 7 heteroatoms. The number of rotatable bonds is 5. The average molecular weight is 350 g/mol. The van der Waals surface area contributed by atoms with Crippen LogP contribution in [0.15, 0.2) is 59.3 Å². The number of aromatic nitrogens is 2. The Morgan fingerprint density at radius 3 is 2.62 bits per heavy atom. The molecule has 2 aromatic heterocycles. The molecule has 0 saturated carbocycles. The number of aryl methyl sites for hydroxylation is 1. The smallest absolute Gasteiger partial charge is 0.275 e. The molecule has 2 heterocycles. The lowest BCUT2D eigenvalue weighted by Crippen LogP contribution is -2.26. The van der Waals surface area contributed by atoms with E-state index in [1.807, 2.05) is 30.3 Å². The third kappa shape index (κ3) is 4.13. The summed E-state index contributed by atoms with van der Waals surface area (Å²) in [6, 6.07) is 14.3. The lowest BCUT2D eigenvalue weighted by atomic mass is 10.1. The van der Waals surface area contributed by atoms with Crippen molar-refractivity contribution in [3.8, 4) is 0 Å². The second-order valence-electron chi connectivity index (χ2n) is 5.85. The zero-order chi connectivity index (χ0) is 18.5. The molecule has 0 fully saturated rings. The summed E-state index contributed by atoms with van der Waals surface area (Å²) in [6.07, 6.45) is 1.44. The highest BCUT2D eigenvalue weighted by Gasteiger charge is 2.16. The maximum atomic E-state index is 12.6. The molecule has 0 spiro atoms. The molecule has 3 rings (SSSR count). The highest BCUT2D eigenvalue weighted by molar-refractivity contribution is 6.04.